The van der Waals surface area contributed by atoms with E-state index in [2.05, 4.69) is 21.2 Å². The molecule has 17 heavy (non-hydrogen) atoms. The summed E-state index contributed by atoms with van der Waals surface area (Å²) in [5.41, 5.74) is 3.62. The molecule has 0 fully saturated rings. The molecule has 3 N–H and O–H groups in total. The molecule has 1 aromatic carbocycles. The van der Waals surface area contributed by atoms with Gasteiger partial charge in [-0.3, -0.25) is 14.2 Å². The molecule has 7 heteroatoms. The van der Waals surface area contributed by atoms with Gasteiger partial charge >= 0.3 is 0 Å². The number of fused-ring (bicyclic) bond motifs is 1. The Bertz CT molecular complexity index is 599. The second-order valence-corrected chi connectivity index (χ2v) is 5.24. The number of nitrogen functional groups attached to an aromatic ring is 1. The van der Waals surface area contributed by atoms with Crippen LogP contribution < -0.4 is 11.3 Å². The number of nitrogens with two attached hydrogens (primary N) is 1. The molecule has 0 spiro atoms. The number of aromatic nitrogens is 1. The quantitative estimate of drug-likeness (QED) is 0.372. The number of carbonyl (C=O) groups excluding carboxylic acids is 1. The predicted octanol–water partition coefficient (Wildman–Crippen LogP) is 2.54. The molecular formula is C10H9FIN3OS. The van der Waals surface area contributed by atoms with Gasteiger partial charge in [0, 0.05) is 41.9 Å². The molecule has 0 saturated heterocycles. The van der Waals surface area contributed by atoms with Crippen LogP contribution in [0.1, 0.15) is 15.9 Å². The van der Waals surface area contributed by atoms with Crippen molar-refractivity contribution in [1.29, 1.82) is 0 Å². The first-order valence-electron chi connectivity index (χ1n) is 4.69. The summed E-state index contributed by atoms with van der Waals surface area (Å²) < 4.78 is 15.6. The van der Waals surface area contributed by atoms with Crippen LogP contribution in [0.15, 0.2) is 18.3 Å². The molecule has 0 unspecified atom stereocenters. The molecule has 90 valence electrons. The van der Waals surface area contributed by atoms with Gasteiger partial charge in [-0.15, -0.1) is 0 Å². The summed E-state index contributed by atoms with van der Waals surface area (Å²) in [6.45, 7) is 1.91. The van der Waals surface area contributed by atoms with E-state index < -0.39 is 11.7 Å². The normalized spacial score (nSPS) is 10.8. The molecule has 4 nitrogen and oxygen atoms in total. The fraction of sp³-hybridized carbons (Fsp3) is 0.100. The number of hydrogen-bond donors (Lipinski definition) is 2. The number of nitrogens with zero attached hydrogens (tertiary/aromatic N) is 1. The highest BCUT2D eigenvalue weighted by Gasteiger charge is 2.15. The molecule has 1 aromatic heterocycles. The smallest absolute Gasteiger partial charge is 0.268 e. The molecule has 1 amide bonds. The molecule has 0 saturated carbocycles. The Hall–Kier alpha value is -0.800. The van der Waals surface area contributed by atoms with Gasteiger partial charge in [0.05, 0.1) is 11.1 Å². The highest BCUT2D eigenvalue weighted by atomic mass is 127. The van der Waals surface area contributed by atoms with Crippen molar-refractivity contribution in [2.24, 2.45) is 5.84 Å². The van der Waals surface area contributed by atoms with Crippen molar-refractivity contribution >= 4 is 47.1 Å². The summed E-state index contributed by atoms with van der Waals surface area (Å²) in [4.78, 5) is 11.4. The molecule has 0 aliphatic heterocycles. The van der Waals surface area contributed by atoms with E-state index in [-0.39, 0.29) is 5.56 Å². The first-order valence-corrected chi connectivity index (χ1v) is 8.01. The third kappa shape index (κ3) is 2.14. The van der Waals surface area contributed by atoms with Crippen molar-refractivity contribution in [2.75, 3.05) is 0 Å². The molecule has 0 aliphatic carbocycles. The number of hydrogen-bond acceptors (Lipinski definition) is 3. The second-order valence-electron chi connectivity index (χ2n) is 3.53. The van der Waals surface area contributed by atoms with Crippen LogP contribution in [0.2, 0.25) is 0 Å². The standard InChI is InChI=1S/C10H9FIN3OS/c1-5-4-15(17-12)9-3-8(11)7(2-6(5)9)10(16)14-13/h2-4H,13H2,1H3,(H,14,16). The topological polar surface area (TPSA) is 60.0 Å². The molecule has 2 rings (SSSR count). The lowest BCUT2D eigenvalue weighted by Crippen LogP contribution is -2.30. The van der Waals surface area contributed by atoms with Gasteiger partial charge < -0.3 is 0 Å². The van der Waals surface area contributed by atoms with Crippen LogP contribution in [0.3, 0.4) is 0 Å². The minimum Gasteiger partial charge on any atom is -0.290 e. The van der Waals surface area contributed by atoms with Crippen LogP contribution in [0.4, 0.5) is 4.39 Å². The number of nitrogens with one attached hydrogen (secondary N) is 1. The number of halogens is 2. The fourth-order valence-electron chi connectivity index (χ4n) is 1.68. The van der Waals surface area contributed by atoms with Gasteiger partial charge in [-0.05, 0) is 24.6 Å². The number of amides is 1. The van der Waals surface area contributed by atoms with E-state index in [4.69, 9.17) is 5.84 Å². The van der Waals surface area contributed by atoms with Crippen molar-refractivity contribution in [1.82, 2.24) is 9.40 Å². The third-order valence-electron chi connectivity index (χ3n) is 2.51. The van der Waals surface area contributed by atoms with E-state index in [0.717, 1.165) is 16.5 Å². The Morgan fingerprint density at radius 1 is 1.59 bits per heavy atom. The molecule has 0 radical (unpaired) electrons. The van der Waals surface area contributed by atoms with Crippen molar-refractivity contribution in [3.8, 4) is 0 Å². The van der Waals surface area contributed by atoms with Gasteiger partial charge in [0.2, 0.25) is 0 Å². The average molecular weight is 365 g/mol. The first-order chi connectivity index (χ1) is 8.08. The molecular weight excluding hydrogens is 356 g/mol. The lowest BCUT2D eigenvalue weighted by atomic mass is 10.1. The third-order valence-corrected chi connectivity index (χ3v) is 4.23. The Balaban J connectivity index is 2.72. The lowest BCUT2D eigenvalue weighted by Gasteiger charge is -2.03. The average Bonchev–Trinajstić information content (AvgIpc) is 2.63. The van der Waals surface area contributed by atoms with Crippen molar-refractivity contribution in [3.63, 3.8) is 0 Å². The number of benzene rings is 1. The lowest BCUT2D eigenvalue weighted by molar-refractivity contribution is 0.0950. The highest BCUT2D eigenvalue weighted by molar-refractivity contribution is 14.2. The van der Waals surface area contributed by atoms with Crippen molar-refractivity contribution in [2.45, 2.75) is 6.92 Å². The van der Waals surface area contributed by atoms with Gasteiger partial charge in [0.15, 0.2) is 0 Å². The van der Waals surface area contributed by atoms with Gasteiger partial charge in [0.1, 0.15) is 5.82 Å². The summed E-state index contributed by atoms with van der Waals surface area (Å²) in [6.07, 6.45) is 1.89. The molecule has 0 aliphatic rings. The zero-order valence-electron chi connectivity index (χ0n) is 8.83. The monoisotopic (exact) mass is 365 g/mol. The summed E-state index contributed by atoms with van der Waals surface area (Å²) in [6, 6.07) is 2.87. The predicted molar refractivity (Wildman–Crippen MR) is 75.3 cm³/mol. The van der Waals surface area contributed by atoms with Gasteiger partial charge in [-0.25, -0.2) is 10.2 Å². The Morgan fingerprint density at radius 3 is 2.88 bits per heavy atom. The maximum absolute atomic E-state index is 13.7. The van der Waals surface area contributed by atoms with E-state index in [0.29, 0.717) is 0 Å². The van der Waals surface area contributed by atoms with E-state index in [9.17, 15) is 9.18 Å². The Morgan fingerprint density at radius 2 is 2.29 bits per heavy atom. The van der Waals surface area contributed by atoms with Crippen LogP contribution in [0, 0.1) is 12.7 Å². The summed E-state index contributed by atoms with van der Waals surface area (Å²) in [5.74, 6) is 3.81. The maximum Gasteiger partial charge on any atom is 0.268 e. The zero-order chi connectivity index (χ0) is 12.6. The number of rotatable bonds is 2. The van der Waals surface area contributed by atoms with Gasteiger partial charge in [-0.1, -0.05) is 0 Å². The van der Waals surface area contributed by atoms with Crippen LogP contribution in [-0.2, 0) is 0 Å². The largest absolute Gasteiger partial charge is 0.290 e. The minimum absolute atomic E-state index is 0.0423. The number of carbonyl (C=O) groups is 1. The van der Waals surface area contributed by atoms with Gasteiger partial charge in [0.25, 0.3) is 5.91 Å². The minimum atomic E-state index is -0.626. The molecule has 0 atom stereocenters. The SMILES string of the molecule is Cc1cn(SI)c2cc(F)c(C(=O)NN)cc12. The number of hydrazine groups is 1. The molecule has 1 heterocycles. The summed E-state index contributed by atoms with van der Waals surface area (Å²) in [5, 5.41) is 0.842. The summed E-state index contributed by atoms with van der Waals surface area (Å²) in [7, 11) is 1.44. The Labute approximate surface area is 113 Å². The van der Waals surface area contributed by atoms with Crippen LogP contribution >= 0.6 is 30.3 Å². The Kier molecular flexibility index (Phi) is 3.59. The summed E-state index contributed by atoms with van der Waals surface area (Å²) >= 11 is 2.11. The van der Waals surface area contributed by atoms with E-state index in [1.807, 2.05) is 22.5 Å². The molecule has 2 aromatic rings. The van der Waals surface area contributed by atoms with Crippen molar-refractivity contribution in [3.05, 3.63) is 35.3 Å². The molecule has 0 bridgehead atoms. The number of aryl methyl sites for hydroxylation is 1. The van der Waals surface area contributed by atoms with E-state index >= 15 is 0 Å². The fourth-order valence-corrected chi connectivity index (χ4v) is 3.09. The van der Waals surface area contributed by atoms with E-state index in [1.165, 1.54) is 21.3 Å². The zero-order valence-corrected chi connectivity index (χ0v) is 11.8. The first kappa shape index (κ1) is 12.7. The maximum atomic E-state index is 13.7. The van der Waals surface area contributed by atoms with Gasteiger partial charge in [-0.2, -0.15) is 0 Å². The second kappa shape index (κ2) is 4.83. The van der Waals surface area contributed by atoms with Crippen molar-refractivity contribution < 1.29 is 9.18 Å². The highest BCUT2D eigenvalue weighted by Crippen LogP contribution is 2.29. The van der Waals surface area contributed by atoms with Crippen LogP contribution in [0.5, 0.6) is 0 Å². The van der Waals surface area contributed by atoms with Crippen LogP contribution in [0.25, 0.3) is 10.9 Å². The van der Waals surface area contributed by atoms with E-state index in [1.54, 1.807) is 0 Å². The van der Waals surface area contributed by atoms with Crippen LogP contribution in [-0.4, -0.2) is 9.88 Å².